The summed E-state index contributed by atoms with van der Waals surface area (Å²) in [5.41, 5.74) is 6.21. The van der Waals surface area contributed by atoms with Gasteiger partial charge in [-0.25, -0.2) is 13.1 Å². The summed E-state index contributed by atoms with van der Waals surface area (Å²) in [6.07, 6.45) is 2.77. The standard InChI is InChI=1S/C17H27N3O3S.ClH/c1-3-20(4-2)17(21)13-8-10-15(11-9-13)24(22,23)19-16-7-5-6-14(16)12-18;/h8-11,14,16,19H,3-7,12,18H2,1-2H3;1H. The van der Waals surface area contributed by atoms with Gasteiger partial charge < -0.3 is 10.6 Å². The predicted molar refractivity (Wildman–Crippen MR) is 101 cm³/mol. The normalized spacial score (nSPS) is 20.1. The van der Waals surface area contributed by atoms with Crippen molar-refractivity contribution in [1.29, 1.82) is 0 Å². The monoisotopic (exact) mass is 389 g/mol. The van der Waals surface area contributed by atoms with Crippen molar-refractivity contribution in [3.63, 3.8) is 0 Å². The molecule has 0 heterocycles. The molecule has 0 aliphatic heterocycles. The fourth-order valence-corrected chi connectivity index (χ4v) is 4.55. The molecule has 0 radical (unpaired) electrons. The predicted octanol–water partition coefficient (Wildman–Crippen LogP) is 2.00. The minimum atomic E-state index is -3.59. The third kappa shape index (κ3) is 5.17. The first-order valence-electron chi connectivity index (χ1n) is 8.54. The summed E-state index contributed by atoms with van der Waals surface area (Å²) in [6.45, 7) is 5.57. The summed E-state index contributed by atoms with van der Waals surface area (Å²) in [7, 11) is -3.59. The Hall–Kier alpha value is -1.15. The Labute approximate surface area is 156 Å². The second-order valence-electron chi connectivity index (χ2n) is 6.16. The summed E-state index contributed by atoms with van der Waals surface area (Å²) >= 11 is 0. The van der Waals surface area contributed by atoms with Gasteiger partial charge in [0.2, 0.25) is 10.0 Å². The van der Waals surface area contributed by atoms with Crippen molar-refractivity contribution in [3.8, 4) is 0 Å². The van der Waals surface area contributed by atoms with Crippen LogP contribution in [0.3, 0.4) is 0 Å². The fourth-order valence-electron chi connectivity index (χ4n) is 3.21. The van der Waals surface area contributed by atoms with Crippen molar-refractivity contribution >= 4 is 28.3 Å². The molecule has 8 heteroatoms. The minimum absolute atomic E-state index is 0. The first-order chi connectivity index (χ1) is 11.4. The van der Waals surface area contributed by atoms with E-state index in [4.69, 9.17) is 5.73 Å². The molecule has 1 saturated carbocycles. The molecule has 142 valence electrons. The topological polar surface area (TPSA) is 92.5 Å². The molecule has 1 aromatic rings. The zero-order valence-electron chi connectivity index (χ0n) is 14.8. The third-order valence-electron chi connectivity index (χ3n) is 4.73. The molecule has 1 fully saturated rings. The van der Waals surface area contributed by atoms with Gasteiger partial charge in [0, 0.05) is 24.7 Å². The number of nitrogens with one attached hydrogen (secondary N) is 1. The van der Waals surface area contributed by atoms with E-state index in [1.165, 1.54) is 12.1 Å². The van der Waals surface area contributed by atoms with E-state index < -0.39 is 10.0 Å². The van der Waals surface area contributed by atoms with Crippen LogP contribution in [0.15, 0.2) is 29.2 Å². The van der Waals surface area contributed by atoms with Gasteiger partial charge in [-0.1, -0.05) is 6.42 Å². The van der Waals surface area contributed by atoms with Gasteiger partial charge in [-0.15, -0.1) is 12.4 Å². The van der Waals surface area contributed by atoms with E-state index >= 15 is 0 Å². The van der Waals surface area contributed by atoms with Gasteiger partial charge in [-0.2, -0.15) is 0 Å². The van der Waals surface area contributed by atoms with Crippen LogP contribution in [0.1, 0.15) is 43.5 Å². The van der Waals surface area contributed by atoms with Crippen LogP contribution >= 0.6 is 12.4 Å². The quantitative estimate of drug-likeness (QED) is 0.745. The SMILES string of the molecule is CCN(CC)C(=O)c1ccc(S(=O)(=O)NC2CCCC2CN)cc1.Cl. The highest BCUT2D eigenvalue weighted by Crippen LogP contribution is 2.26. The summed E-state index contributed by atoms with van der Waals surface area (Å²) in [5.74, 6) is 0.110. The number of nitrogens with zero attached hydrogens (tertiary/aromatic N) is 1. The molecular formula is C17H28ClN3O3S. The van der Waals surface area contributed by atoms with Crippen molar-refractivity contribution < 1.29 is 13.2 Å². The largest absolute Gasteiger partial charge is 0.339 e. The first-order valence-corrected chi connectivity index (χ1v) is 10.0. The summed E-state index contributed by atoms with van der Waals surface area (Å²) in [5, 5.41) is 0. The molecule has 0 spiro atoms. The van der Waals surface area contributed by atoms with E-state index in [0.29, 0.717) is 25.2 Å². The number of amides is 1. The van der Waals surface area contributed by atoms with Gasteiger partial charge in [0.1, 0.15) is 0 Å². The lowest BCUT2D eigenvalue weighted by atomic mass is 10.1. The maximum absolute atomic E-state index is 12.5. The molecule has 1 aliphatic rings. The lowest BCUT2D eigenvalue weighted by molar-refractivity contribution is 0.0773. The average molecular weight is 390 g/mol. The molecule has 6 nitrogen and oxygen atoms in total. The van der Waals surface area contributed by atoms with E-state index in [1.807, 2.05) is 13.8 Å². The molecular weight excluding hydrogens is 362 g/mol. The molecule has 2 unspecified atom stereocenters. The Balaban J connectivity index is 0.00000312. The molecule has 2 rings (SSSR count). The average Bonchev–Trinajstić information content (AvgIpc) is 3.02. The van der Waals surface area contributed by atoms with Crippen molar-refractivity contribution in [1.82, 2.24) is 9.62 Å². The van der Waals surface area contributed by atoms with E-state index in [9.17, 15) is 13.2 Å². The Kier molecular flexibility index (Phi) is 8.34. The lowest BCUT2D eigenvalue weighted by Gasteiger charge is -2.20. The number of benzene rings is 1. The van der Waals surface area contributed by atoms with Gasteiger partial charge in [-0.3, -0.25) is 4.79 Å². The highest BCUT2D eigenvalue weighted by molar-refractivity contribution is 7.89. The molecule has 25 heavy (non-hydrogen) atoms. The molecule has 0 aromatic heterocycles. The van der Waals surface area contributed by atoms with E-state index in [0.717, 1.165) is 19.3 Å². The molecule has 3 N–H and O–H groups in total. The number of nitrogens with two attached hydrogens (primary N) is 1. The number of halogens is 1. The number of carbonyl (C=O) groups excluding carboxylic acids is 1. The summed E-state index contributed by atoms with van der Waals surface area (Å²) in [4.78, 5) is 14.2. The van der Waals surface area contributed by atoms with Crippen LogP contribution in [-0.4, -0.2) is 44.9 Å². The first kappa shape index (κ1) is 21.9. The maximum Gasteiger partial charge on any atom is 0.253 e. The molecule has 0 saturated heterocycles. The van der Waals surface area contributed by atoms with Crippen LogP contribution in [-0.2, 0) is 10.0 Å². The van der Waals surface area contributed by atoms with Gasteiger partial charge in [0.05, 0.1) is 4.90 Å². The molecule has 1 amide bonds. The number of sulfonamides is 1. The number of carbonyl (C=O) groups is 1. The second-order valence-corrected chi connectivity index (χ2v) is 7.87. The van der Waals surface area contributed by atoms with Gasteiger partial charge in [0.15, 0.2) is 0 Å². The number of hydrogen-bond donors (Lipinski definition) is 2. The number of hydrogen-bond acceptors (Lipinski definition) is 4. The van der Waals surface area contributed by atoms with Crippen molar-refractivity contribution in [2.45, 2.75) is 44.0 Å². The third-order valence-corrected chi connectivity index (χ3v) is 6.24. The van der Waals surface area contributed by atoms with Crippen molar-refractivity contribution in [2.24, 2.45) is 11.7 Å². The lowest BCUT2D eigenvalue weighted by Crippen LogP contribution is -2.39. The van der Waals surface area contributed by atoms with E-state index in [2.05, 4.69) is 4.72 Å². The minimum Gasteiger partial charge on any atom is -0.339 e. The van der Waals surface area contributed by atoms with Crippen LogP contribution in [0.2, 0.25) is 0 Å². The Morgan fingerprint density at radius 2 is 1.80 bits per heavy atom. The maximum atomic E-state index is 12.5. The summed E-state index contributed by atoms with van der Waals surface area (Å²) in [6, 6.07) is 6.03. The van der Waals surface area contributed by atoms with Crippen LogP contribution < -0.4 is 10.5 Å². The van der Waals surface area contributed by atoms with Crippen molar-refractivity contribution in [3.05, 3.63) is 29.8 Å². The Morgan fingerprint density at radius 1 is 1.20 bits per heavy atom. The fraction of sp³-hybridized carbons (Fsp3) is 0.588. The molecule has 0 bridgehead atoms. The highest BCUT2D eigenvalue weighted by Gasteiger charge is 2.30. The van der Waals surface area contributed by atoms with E-state index in [-0.39, 0.29) is 35.2 Å². The van der Waals surface area contributed by atoms with Gasteiger partial charge in [-0.05, 0) is 63.4 Å². The van der Waals surface area contributed by atoms with Gasteiger partial charge >= 0.3 is 0 Å². The molecule has 1 aliphatic carbocycles. The zero-order valence-corrected chi connectivity index (χ0v) is 16.4. The number of rotatable bonds is 7. The molecule has 2 atom stereocenters. The smallest absolute Gasteiger partial charge is 0.253 e. The summed E-state index contributed by atoms with van der Waals surface area (Å²) < 4.78 is 27.8. The van der Waals surface area contributed by atoms with Gasteiger partial charge in [0.25, 0.3) is 5.91 Å². The Morgan fingerprint density at radius 3 is 2.32 bits per heavy atom. The van der Waals surface area contributed by atoms with E-state index in [1.54, 1.807) is 17.0 Å². The Bertz CT molecular complexity index is 660. The van der Waals surface area contributed by atoms with Crippen LogP contribution in [0, 0.1) is 5.92 Å². The van der Waals surface area contributed by atoms with Crippen LogP contribution in [0.5, 0.6) is 0 Å². The van der Waals surface area contributed by atoms with Crippen LogP contribution in [0.4, 0.5) is 0 Å². The zero-order chi connectivity index (χ0) is 17.7. The molecule has 1 aromatic carbocycles. The second kappa shape index (κ2) is 9.52. The van der Waals surface area contributed by atoms with Crippen molar-refractivity contribution in [2.75, 3.05) is 19.6 Å². The highest BCUT2D eigenvalue weighted by atomic mass is 35.5. The van der Waals surface area contributed by atoms with Crippen LogP contribution in [0.25, 0.3) is 0 Å².